The first-order valence-electron chi connectivity index (χ1n) is 5.98. The van der Waals surface area contributed by atoms with Gasteiger partial charge in [0.15, 0.2) is 0 Å². The molecule has 0 heterocycles. The SMILES string of the molecule is CCC(C)(CC)NCc1ccc(C#N)cc1Cl. The quantitative estimate of drug-likeness (QED) is 0.861. The van der Waals surface area contributed by atoms with Crippen LogP contribution in [0.25, 0.3) is 0 Å². The third-order valence-corrected chi connectivity index (χ3v) is 3.80. The highest BCUT2D eigenvalue weighted by Gasteiger charge is 2.18. The van der Waals surface area contributed by atoms with E-state index in [1.165, 1.54) is 0 Å². The van der Waals surface area contributed by atoms with E-state index in [1.807, 2.05) is 6.07 Å². The van der Waals surface area contributed by atoms with Crippen molar-refractivity contribution in [2.45, 2.75) is 45.7 Å². The second kappa shape index (κ2) is 6.05. The molecule has 1 aromatic carbocycles. The number of benzene rings is 1. The highest BCUT2D eigenvalue weighted by molar-refractivity contribution is 6.31. The first-order valence-corrected chi connectivity index (χ1v) is 6.36. The number of rotatable bonds is 5. The van der Waals surface area contributed by atoms with Gasteiger partial charge in [0.2, 0.25) is 0 Å². The lowest BCUT2D eigenvalue weighted by atomic mass is 9.95. The van der Waals surface area contributed by atoms with Crippen LogP contribution in [0.1, 0.15) is 44.7 Å². The van der Waals surface area contributed by atoms with Gasteiger partial charge in [-0.3, -0.25) is 0 Å². The maximum Gasteiger partial charge on any atom is 0.0992 e. The van der Waals surface area contributed by atoms with Gasteiger partial charge in [0, 0.05) is 17.1 Å². The number of nitrogens with zero attached hydrogens (tertiary/aromatic N) is 1. The van der Waals surface area contributed by atoms with E-state index in [0.29, 0.717) is 10.6 Å². The van der Waals surface area contributed by atoms with Gasteiger partial charge in [-0.15, -0.1) is 0 Å². The van der Waals surface area contributed by atoms with E-state index in [4.69, 9.17) is 16.9 Å². The predicted molar refractivity (Wildman–Crippen MR) is 72.0 cm³/mol. The zero-order chi connectivity index (χ0) is 12.9. The Morgan fingerprint density at radius 1 is 1.35 bits per heavy atom. The van der Waals surface area contributed by atoms with Crippen LogP contribution in [0.4, 0.5) is 0 Å². The minimum Gasteiger partial charge on any atom is -0.307 e. The molecule has 0 fully saturated rings. The molecule has 0 aliphatic heterocycles. The largest absolute Gasteiger partial charge is 0.307 e. The molecule has 2 nitrogen and oxygen atoms in total. The van der Waals surface area contributed by atoms with Crippen molar-refractivity contribution in [2.24, 2.45) is 0 Å². The molecule has 0 saturated heterocycles. The van der Waals surface area contributed by atoms with Gasteiger partial charge >= 0.3 is 0 Å². The summed E-state index contributed by atoms with van der Waals surface area (Å²) in [6.07, 6.45) is 2.16. The van der Waals surface area contributed by atoms with Gasteiger partial charge in [-0.2, -0.15) is 5.26 Å². The molecule has 0 amide bonds. The second-order valence-corrected chi connectivity index (χ2v) is 4.95. The molecule has 0 radical (unpaired) electrons. The van der Waals surface area contributed by atoms with Crippen LogP contribution in [-0.4, -0.2) is 5.54 Å². The first-order chi connectivity index (χ1) is 8.04. The molecular formula is C14H19ClN2. The van der Waals surface area contributed by atoms with Crippen molar-refractivity contribution in [3.05, 3.63) is 34.3 Å². The van der Waals surface area contributed by atoms with Gasteiger partial charge in [-0.05, 0) is 37.5 Å². The maximum atomic E-state index is 8.76. The van der Waals surface area contributed by atoms with Crippen molar-refractivity contribution in [3.63, 3.8) is 0 Å². The van der Waals surface area contributed by atoms with Crippen molar-refractivity contribution >= 4 is 11.6 Å². The topological polar surface area (TPSA) is 35.8 Å². The van der Waals surface area contributed by atoms with Crippen LogP contribution in [0.2, 0.25) is 5.02 Å². The Hall–Kier alpha value is -1.04. The Morgan fingerprint density at radius 3 is 2.47 bits per heavy atom. The van der Waals surface area contributed by atoms with Crippen LogP contribution >= 0.6 is 11.6 Å². The van der Waals surface area contributed by atoms with Crippen molar-refractivity contribution < 1.29 is 0 Å². The lowest BCUT2D eigenvalue weighted by molar-refractivity contribution is 0.329. The summed E-state index contributed by atoms with van der Waals surface area (Å²) in [7, 11) is 0. The van der Waals surface area contributed by atoms with Crippen LogP contribution in [0, 0.1) is 11.3 Å². The highest BCUT2D eigenvalue weighted by atomic mass is 35.5. The minimum absolute atomic E-state index is 0.150. The van der Waals surface area contributed by atoms with Gasteiger partial charge in [0.25, 0.3) is 0 Å². The normalized spacial score (nSPS) is 11.2. The van der Waals surface area contributed by atoms with Crippen molar-refractivity contribution in [1.29, 1.82) is 5.26 Å². The van der Waals surface area contributed by atoms with E-state index in [2.05, 4.69) is 32.2 Å². The van der Waals surface area contributed by atoms with E-state index >= 15 is 0 Å². The molecule has 1 N–H and O–H groups in total. The van der Waals surface area contributed by atoms with Gasteiger partial charge in [-0.25, -0.2) is 0 Å². The molecule has 0 aliphatic rings. The van der Waals surface area contributed by atoms with Crippen LogP contribution in [-0.2, 0) is 6.54 Å². The molecule has 0 bridgehead atoms. The molecular weight excluding hydrogens is 232 g/mol. The van der Waals surface area contributed by atoms with Crippen molar-refractivity contribution in [3.8, 4) is 6.07 Å². The summed E-state index contributed by atoms with van der Waals surface area (Å²) >= 11 is 6.13. The lowest BCUT2D eigenvalue weighted by Crippen LogP contribution is -2.40. The predicted octanol–water partition coefficient (Wildman–Crippen LogP) is 3.88. The summed E-state index contributed by atoms with van der Waals surface area (Å²) in [5, 5.41) is 12.9. The smallest absolute Gasteiger partial charge is 0.0992 e. The van der Waals surface area contributed by atoms with E-state index < -0.39 is 0 Å². The molecule has 0 saturated carbocycles. The average molecular weight is 251 g/mol. The molecule has 1 rings (SSSR count). The van der Waals surface area contributed by atoms with Crippen LogP contribution in [0.15, 0.2) is 18.2 Å². The van der Waals surface area contributed by atoms with E-state index in [-0.39, 0.29) is 5.54 Å². The van der Waals surface area contributed by atoms with Gasteiger partial charge in [-0.1, -0.05) is 31.5 Å². The molecule has 92 valence electrons. The molecule has 0 atom stereocenters. The van der Waals surface area contributed by atoms with E-state index in [9.17, 15) is 0 Å². The zero-order valence-corrected chi connectivity index (χ0v) is 11.4. The van der Waals surface area contributed by atoms with Gasteiger partial charge < -0.3 is 5.32 Å². The second-order valence-electron chi connectivity index (χ2n) is 4.54. The van der Waals surface area contributed by atoms with Crippen molar-refractivity contribution in [1.82, 2.24) is 5.32 Å². The number of hydrogen-bond acceptors (Lipinski definition) is 2. The fourth-order valence-corrected chi connectivity index (χ4v) is 1.82. The third-order valence-electron chi connectivity index (χ3n) is 3.45. The molecule has 0 spiro atoms. The molecule has 3 heteroatoms. The maximum absolute atomic E-state index is 8.76. The number of nitrogens with one attached hydrogen (secondary N) is 1. The minimum atomic E-state index is 0.150. The Morgan fingerprint density at radius 2 is 2.00 bits per heavy atom. The Kier molecular flexibility index (Phi) is 4.99. The molecule has 17 heavy (non-hydrogen) atoms. The molecule has 1 aromatic rings. The third kappa shape index (κ3) is 3.73. The number of nitriles is 1. The number of hydrogen-bond donors (Lipinski definition) is 1. The molecule has 0 aliphatic carbocycles. The lowest BCUT2D eigenvalue weighted by Gasteiger charge is -2.28. The molecule has 0 unspecified atom stereocenters. The summed E-state index contributed by atoms with van der Waals surface area (Å²) in [6.45, 7) is 7.31. The van der Waals surface area contributed by atoms with Crippen LogP contribution < -0.4 is 5.32 Å². The van der Waals surface area contributed by atoms with Crippen molar-refractivity contribution in [2.75, 3.05) is 0 Å². The molecule has 0 aromatic heterocycles. The van der Waals surface area contributed by atoms with Gasteiger partial charge in [0.05, 0.1) is 11.6 Å². The Balaban J connectivity index is 2.74. The highest BCUT2D eigenvalue weighted by Crippen LogP contribution is 2.20. The summed E-state index contributed by atoms with van der Waals surface area (Å²) in [5.41, 5.74) is 1.79. The number of halogens is 1. The van der Waals surface area contributed by atoms with Crippen LogP contribution in [0.3, 0.4) is 0 Å². The fraction of sp³-hybridized carbons (Fsp3) is 0.500. The first kappa shape index (κ1) is 14.0. The summed E-state index contributed by atoms with van der Waals surface area (Å²) in [5.74, 6) is 0. The average Bonchev–Trinajstić information content (AvgIpc) is 2.36. The van der Waals surface area contributed by atoms with Crippen LogP contribution in [0.5, 0.6) is 0 Å². The van der Waals surface area contributed by atoms with Gasteiger partial charge in [0.1, 0.15) is 0 Å². The zero-order valence-electron chi connectivity index (χ0n) is 10.7. The Bertz CT molecular complexity index is 417. The summed E-state index contributed by atoms with van der Waals surface area (Å²) in [6, 6.07) is 7.52. The monoisotopic (exact) mass is 250 g/mol. The van der Waals surface area contributed by atoms with E-state index in [0.717, 1.165) is 24.9 Å². The standard InChI is InChI=1S/C14H19ClN2/c1-4-14(3,5-2)17-10-12-7-6-11(9-16)8-13(12)15/h6-8,17H,4-5,10H2,1-3H3. The van der Waals surface area contributed by atoms with E-state index in [1.54, 1.807) is 12.1 Å². The fourth-order valence-electron chi connectivity index (χ4n) is 1.57. The Labute approximate surface area is 109 Å². The summed E-state index contributed by atoms with van der Waals surface area (Å²) < 4.78 is 0. The summed E-state index contributed by atoms with van der Waals surface area (Å²) in [4.78, 5) is 0.